The summed E-state index contributed by atoms with van der Waals surface area (Å²) >= 11 is 1.57. The number of allylic oxidation sites excluding steroid dienone is 1. The van der Waals surface area contributed by atoms with Gasteiger partial charge in [-0.2, -0.15) is 0 Å². The molecule has 0 aliphatic rings. The predicted octanol–water partition coefficient (Wildman–Crippen LogP) is 4.04. The smallest absolute Gasteiger partial charge is 0.337 e. The zero-order chi connectivity index (χ0) is 16.4. The standard InChI is InChI=1S/C15H23O5PS/c1-4-18-15(16)10-9-13(12-14-8-7-11-22-14)21(17,19-5-2)20-6-3/h7-11,13H,4-6,12H2,1-3H3/b10-9+. The average molecular weight is 346 g/mol. The summed E-state index contributed by atoms with van der Waals surface area (Å²) in [6.07, 6.45) is 3.36. The maximum absolute atomic E-state index is 13.0. The molecule has 0 amide bonds. The van der Waals surface area contributed by atoms with E-state index in [0.29, 0.717) is 13.0 Å². The van der Waals surface area contributed by atoms with Gasteiger partial charge in [0.05, 0.1) is 25.5 Å². The summed E-state index contributed by atoms with van der Waals surface area (Å²) in [5, 5.41) is 1.95. The van der Waals surface area contributed by atoms with Crippen molar-refractivity contribution in [2.24, 2.45) is 0 Å². The molecule has 22 heavy (non-hydrogen) atoms. The maximum atomic E-state index is 13.0. The molecule has 1 rings (SSSR count). The molecule has 1 aromatic heterocycles. The highest BCUT2D eigenvalue weighted by atomic mass is 32.1. The first-order valence-electron chi connectivity index (χ1n) is 7.31. The van der Waals surface area contributed by atoms with Gasteiger partial charge in [0.1, 0.15) is 0 Å². The van der Waals surface area contributed by atoms with Crippen LogP contribution in [-0.2, 0) is 29.6 Å². The minimum absolute atomic E-state index is 0.283. The van der Waals surface area contributed by atoms with E-state index in [2.05, 4.69) is 0 Å². The van der Waals surface area contributed by atoms with Crippen molar-refractivity contribution in [3.05, 3.63) is 34.5 Å². The fourth-order valence-electron chi connectivity index (χ4n) is 1.89. The fraction of sp³-hybridized carbons (Fsp3) is 0.533. The SMILES string of the molecule is CCOC(=O)/C=C/C(Cc1cccs1)P(=O)(OCC)OCC. The van der Waals surface area contributed by atoms with E-state index in [-0.39, 0.29) is 13.2 Å². The van der Waals surface area contributed by atoms with Crippen molar-refractivity contribution in [2.45, 2.75) is 32.9 Å². The third-order valence-electron chi connectivity index (χ3n) is 2.76. The van der Waals surface area contributed by atoms with Gasteiger partial charge in [0, 0.05) is 11.0 Å². The van der Waals surface area contributed by atoms with E-state index in [0.717, 1.165) is 4.88 Å². The van der Waals surface area contributed by atoms with Crippen molar-refractivity contribution in [3.63, 3.8) is 0 Å². The van der Waals surface area contributed by atoms with Crippen molar-refractivity contribution in [1.82, 2.24) is 0 Å². The van der Waals surface area contributed by atoms with Gasteiger partial charge in [-0.3, -0.25) is 4.57 Å². The molecule has 7 heteroatoms. The Labute approximate surface area is 135 Å². The van der Waals surface area contributed by atoms with Gasteiger partial charge in [0.25, 0.3) is 0 Å². The summed E-state index contributed by atoms with van der Waals surface area (Å²) in [5.74, 6) is -0.460. The topological polar surface area (TPSA) is 61.8 Å². The van der Waals surface area contributed by atoms with Gasteiger partial charge in [-0.15, -0.1) is 11.3 Å². The zero-order valence-corrected chi connectivity index (χ0v) is 14.9. The Morgan fingerprint density at radius 1 is 1.27 bits per heavy atom. The highest BCUT2D eigenvalue weighted by molar-refractivity contribution is 7.54. The Hall–Kier alpha value is -0.940. The van der Waals surface area contributed by atoms with Crippen LogP contribution in [0, 0.1) is 0 Å². The Balaban J connectivity index is 2.97. The fourth-order valence-corrected chi connectivity index (χ4v) is 4.67. The minimum Gasteiger partial charge on any atom is -0.463 e. The summed E-state index contributed by atoms with van der Waals surface area (Å²) < 4.78 is 28.6. The molecule has 0 fully saturated rings. The molecular weight excluding hydrogens is 323 g/mol. The van der Waals surface area contributed by atoms with Crippen LogP contribution in [-0.4, -0.2) is 31.4 Å². The van der Waals surface area contributed by atoms with Gasteiger partial charge in [-0.25, -0.2) is 4.79 Å². The van der Waals surface area contributed by atoms with Gasteiger partial charge in [-0.05, 0) is 38.6 Å². The quantitative estimate of drug-likeness (QED) is 0.363. The molecule has 1 unspecified atom stereocenters. The largest absolute Gasteiger partial charge is 0.463 e. The molecule has 0 bridgehead atoms. The second-order valence-corrected chi connectivity index (χ2v) is 7.63. The van der Waals surface area contributed by atoms with E-state index in [1.54, 1.807) is 38.2 Å². The van der Waals surface area contributed by atoms with E-state index >= 15 is 0 Å². The monoisotopic (exact) mass is 346 g/mol. The third-order valence-corrected chi connectivity index (χ3v) is 6.06. The number of thiophene rings is 1. The van der Waals surface area contributed by atoms with Crippen LogP contribution in [0.2, 0.25) is 0 Å². The van der Waals surface area contributed by atoms with Crippen LogP contribution >= 0.6 is 18.9 Å². The van der Waals surface area contributed by atoms with Gasteiger partial charge in [-0.1, -0.05) is 12.1 Å². The predicted molar refractivity (Wildman–Crippen MR) is 88.4 cm³/mol. The maximum Gasteiger partial charge on any atom is 0.337 e. The van der Waals surface area contributed by atoms with Crippen LogP contribution in [0.25, 0.3) is 0 Å². The normalized spacial score (nSPS) is 13.4. The van der Waals surface area contributed by atoms with E-state index in [1.807, 2.05) is 17.5 Å². The summed E-state index contributed by atoms with van der Waals surface area (Å²) in [5.41, 5.74) is -0.518. The number of ether oxygens (including phenoxy) is 1. The van der Waals surface area contributed by atoms with Crippen LogP contribution in [0.4, 0.5) is 0 Å². The van der Waals surface area contributed by atoms with Crippen molar-refractivity contribution < 1.29 is 23.1 Å². The van der Waals surface area contributed by atoms with Crippen molar-refractivity contribution in [1.29, 1.82) is 0 Å². The lowest BCUT2D eigenvalue weighted by molar-refractivity contribution is -0.137. The molecule has 1 heterocycles. The average Bonchev–Trinajstić information content (AvgIpc) is 2.97. The second kappa shape index (κ2) is 9.95. The van der Waals surface area contributed by atoms with E-state index < -0.39 is 19.2 Å². The molecule has 1 atom stereocenters. The molecule has 1 aromatic rings. The number of hydrogen-bond donors (Lipinski definition) is 0. The lowest BCUT2D eigenvalue weighted by Gasteiger charge is -2.23. The molecule has 0 aromatic carbocycles. The molecule has 0 saturated heterocycles. The first-order chi connectivity index (χ1) is 10.6. The summed E-state index contributed by atoms with van der Waals surface area (Å²) in [6, 6.07) is 3.89. The number of carbonyl (C=O) groups is 1. The van der Waals surface area contributed by atoms with Gasteiger partial charge in [0.15, 0.2) is 0 Å². The lowest BCUT2D eigenvalue weighted by Crippen LogP contribution is -2.14. The lowest BCUT2D eigenvalue weighted by atomic mass is 10.2. The first kappa shape index (κ1) is 19.1. The van der Waals surface area contributed by atoms with Crippen LogP contribution in [0.15, 0.2) is 29.7 Å². The Bertz CT molecular complexity index is 502. The summed E-state index contributed by atoms with van der Waals surface area (Å²) in [6.45, 7) is 6.14. The summed E-state index contributed by atoms with van der Waals surface area (Å²) in [7, 11) is -3.33. The zero-order valence-electron chi connectivity index (χ0n) is 13.2. The van der Waals surface area contributed by atoms with E-state index in [9.17, 15) is 9.36 Å². The molecule has 124 valence electrons. The molecule has 0 aliphatic carbocycles. The minimum atomic E-state index is -3.33. The Morgan fingerprint density at radius 3 is 2.45 bits per heavy atom. The van der Waals surface area contributed by atoms with Crippen LogP contribution in [0.5, 0.6) is 0 Å². The Kier molecular flexibility index (Phi) is 8.64. The highest BCUT2D eigenvalue weighted by Crippen LogP contribution is 2.54. The van der Waals surface area contributed by atoms with E-state index in [1.165, 1.54) is 6.08 Å². The second-order valence-electron chi connectivity index (χ2n) is 4.34. The summed E-state index contributed by atoms with van der Waals surface area (Å²) in [4.78, 5) is 12.6. The number of rotatable bonds is 10. The van der Waals surface area contributed by atoms with Gasteiger partial charge >= 0.3 is 13.6 Å². The molecule has 0 saturated carbocycles. The molecular formula is C15H23O5PS. The van der Waals surface area contributed by atoms with Crippen LogP contribution in [0.1, 0.15) is 25.6 Å². The molecule has 5 nitrogen and oxygen atoms in total. The molecule has 0 aliphatic heterocycles. The molecule has 0 N–H and O–H groups in total. The van der Waals surface area contributed by atoms with Crippen LogP contribution in [0.3, 0.4) is 0 Å². The number of hydrogen-bond acceptors (Lipinski definition) is 6. The highest BCUT2D eigenvalue weighted by Gasteiger charge is 2.34. The molecule has 0 radical (unpaired) electrons. The van der Waals surface area contributed by atoms with Crippen molar-refractivity contribution >= 4 is 24.9 Å². The number of carbonyl (C=O) groups excluding carboxylic acids is 1. The van der Waals surface area contributed by atoms with Crippen molar-refractivity contribution in [2.75, 3.05) is 19.8 Å². The van der Waals surface area contributed by atoms with E-state index in [4.69, 9.17) is 13.8 Å². The van der Waals surface area contributed by atoms with Gasteiger partial charge < -0.3 is 13.8 Å². The van der Waals surface area contributed by atoms with Crippen molar-refractivity contribution in [3.8, 4) is 0 Å². The van der Waals surface area contributed by atoms with Crippen LogP contribution < -0.4 is 0 Å². The first-order valence-corrected chi connectivity index (χ1v) is 9.81. The number of esters is 1. The molecule has 0 spiro atoms. The Morgan fingerprint density at radius 2 is 1.95 bits per heavy atom. The van der Waals surface area contributed by atoms with Gasteiger partial charge in [0.2, 0.25) is 0 Å². The third kappa shape index (κ3) is 6.05.